The lowest BCUT2D eigenvalue weighted by molar-refractivity contribution is 0.324. The third-order valence-electron chi connectivity index (χ3n) is 17.4. The number of para-hydroxylation sites is 2. The van der Waals surface area contributed by atoms with Crippen LogP contribution in [0, 0.1) is 9.49 Å². The van der Waals surface area contributed by atoms with E-state index in [-0.39, 0.29) is 16.2 Å². The number of hydrogen-bond donors (Lipinski definition) is 0. The monoisotopic (exact) mass is 1020 g/mol. The molecule has 5 heteroatoms. The van der Waals surface area contributed by atoms with Gasteiger partial charge in [-0.3, -0.25) is 4.48 Å². The Balaban J connectivity index is 0.992. The Morgan fingerprint density at radius 1 is 0.529 bits per heavy atom. The highest BCUT2D eigenvalue weighted by atomic mass is 127. The van der Waals surface area contributed by atoms with Gasteiger partial charge in [-0.05, 0) is 126 Å². The van der Waals surface area contributed by atoms with Gasteiger partial charge in [-0.2, -0.15) is 0 Å². The number of quaternary nitrogens is 1. The van der Waals surface area contributed by atoms with E-state index in [9.17, 15) is 0 Å². The molecule has 0 spiro atoms. The molecule has 3 heterocycles. The third kappa shape index (κ3) is 5.35. The van der Waals surface area contributed by atoms with Crippen LogP contribution in [0.1, 0.15) is 56.9 Å². The minimum atomic E-state index is -0.0822. The van der Waals surface area contributed by atoms with Gasteiger partial charge in [0.25, 0.3) is 0 Å². The van der Waals surface area contributed by atoms with E-state index in [0.717, 1.165) is 69.8 Å². The molecule has 14 rings (SSSR count). The molecule has 8 aromatic carbocycles. The van der Waals surface area contributed by atoms with Crippen molar-refractivity contribution in [1.29, 1.82) is 0 Å². The predicted octanol–water partition coefficient (Wildman–Crippen LogP) is 17.6. The Bertz CT molecular complexity index is 4060. The van der Waals surface area contributed by atoms with Gasteiger partial charge in [0.15, 0.2) is 0 Å². The van der Waals surface area contributed by atoms with Crippen LogP contribution in [0.15, 0.2) is 167 Å². The quantitative estimate of drug-likeness (QED) is 0.130. The summed E-state index contributed by atoms with van der Waals surface area (Å²) in [4.78, 5) is 2.27. The Hall–Kier alpha value is -6.67. The van der Waals surface area contributed by atoms with Crippen molar-refractivity contribution in [3.05, 3.63) is 184 Å². The summed E-state index contributed by atoms with van der Waals surface area (Å²) in [6.45, 7) is 12.0. The van der Waals surface area contributed by atoms with Gasteiger partial charge in [0.05, 0.1) is 25.2 Å². The number of anilines is 1. The maximum absolute atomic E-state index is 7.14. The smallest absolute Gasteiger partial charge is 0.150 e. The first-order valence-corrected chi connectivity index (χ1v) is 25.8. The second kappa shape index (κ2) is 14.0. The summed E-state index contributed by atoms with van der Waals surface area (Å²) in [6, 6.07) is 50.2. The Morgan fingerprint density at radius 3 is 1.84 bits per heavy atom. The molecule has 0 fully saturated rings. The number of nitrogens with zero attached hydrogens (tertiary/aromatic N) is 2. The van der Waals surface area contributed by atoms with Crippen LogP contribution in [-0.4, -0.2) is 28.2 Å². The molecule has 0 amide bonds. The topological polar surface area (TPSA) is 29.5 Å². The summed E-state index contributed by atoms with van der Waals surface area (Å²) in [5, 5.41) is 4.58. The van der Waals surface area contributed by atoms with Gasteiger partial charge in [0.2, 0.25) is 0 Å². The minimum absolute atomic E-state index is 0.0194. The fraction of sp³-hybridized carbons (Fsp3) is 0.200. The summed E-state index contributed by atoms with van der Waals surface area (Å²) in [6.07, 6.45) is 9.31. The number of benzene rings is 8. The lowest BCUT2D eigenvalue weighted by Gasteiger charge is -2.36. The first kappa shape index (κ1) is 42.2. The zero-order valence-electron chi connectivity index (χ0n) is 41.2. The molecule has 342 valence electrons. The first-order chi connectivity index (χ1) is 33.6. The average molecular weight is 1020 g/mol. The van der Waals surface area contributed by atoms with Crippen LogP contribution in [-0.2, 0) is 16.2 Å². The molecule has 0 bridgehead atoms. The van der Waals surface area contributed by atoms with Crippen LogP contribution in [0.2, 0.25) is 0 Å². The van der Waals surface area contributed by atoms with Crippen molar-refractivity contribution < 1.29 is 8.83 Å². The number of furan rings is 2. The molecule has 10 aromatic rings. The summed E-state index contributed by atoms with van der Waals surface area (Å²) < 4.78 is 15.9. The number of halogens is 1. The summed E-state index contributed by atoms with van der Waals surface area (Å²) in [5.41, 5.74) is 24.8. The van der Waals surface area contributed by atoms with Crippen LogP contribution in [0.25, 0.3) is 99.5 Å². The SMILES string of the molecule is CN(C)c1cc2c(cc1-c1c(I)cc(-c3ccc4c(c3)C3(C)C=CC=CC3C4(C)C)c3c1oc1ccccc13)[N+](C)(C)c1cc(-c3ccc4c(c3)-c3ccccc3C4(C)C)c3c(oc4ccccc43)c1-2. The predicted molar refractivity (Wildman–Crippen MR) is 303 cm³/mol. The van der Waals surface area contributed by atoms with E-state index in [1.54, 1.807) is 0 Å². The van der Waals surface area contributed by atoms with Crippen molar-refractivity contribution in [2.24, 2.45) is 5.92 Å². The minimum Gasteiger partial charge on any atom is -0.455 e. The largest absolute Gasteiger partial charge is 0.455 e. The van der Waals surface area contributed by atoms with Gasteiger partial charge in [0, 0.05) is 79.0 Å². The Morgan fingerprint density at radius 2 is 1.13 bits per heavy atom. The van der Waals surface area contributed by atoms with Crippen LogP contribution < -0.4 is 9.38 Å². The molecule has 70 heavy (non-hydrogen) atoms. The van der Waals surface area contributed by atoms with Gasteiger partial charge < -0.3 is 13.7 Å². The van der Waals surface area contributed by atoms with Crippen molar-refractivity contribution in [2.45, 2.75) is 50.9 Å². The van der Waals surface area contributed by atoms with Crippen molar-refractivity contribution in [2.75, 3.05) is 33.1 Å². The first-order valence-electron chi connectivity index (χ1n) is 24.7. The van der Waals surface area contributed by atoms with Gasteiger partial charge >= 0.3 is 0 Å². The highest BCUT2D eigenvalue weighted by molar-refractivity contribution is 14.1. The highest BCUT2D eigenvalue weighted by Crippen LogP contribution is 2.61. The van der Waals surface area contributed by atoms with Gasteiger partial charge in [-0.1, -0.05) is 144 Å². The summed E-state index contributed by atoms with van der Waals surface area (Å²) >= 11 is 2.59. The maximum Gasteiger partial charge on any atom is 0.150 e. The van der Waals surface area contributed by atoms with Gasteiger partial charge in [-0.15, -0.1) is 0 Å². The second-order valence-corrected chi connectivity index (χ2v) is 23.5. The van der Waals surface area contributed by atoms with E-state index < -0.39 is 0 Å². The number of hydrogen-bond acceptors (Lipinski definition) is 3. The van der Waals surface area contributed by atoms with Crippen molar-refractivity contribution in [3.63, 3.8) is 0 Å². The van der Waals surface area contributed by atoms with Crippen molar-refractivity contribution in [3.8, 4) is 55.6 Å². The Kier molecular flexibility index (Phi) is 8.46. The molecule has 3 aliphatic carbocycles. The lowest BCUT2D eigenvalue weighted by Crippen LogP contribution is -2.33. The number of allylic oxidation sites excluding steroid dienone is 4. The average Bonchev–Trinajstić information content (AvgIpc) is 4.09. The molecule has 0 radical (unpaired) electrons. The number of rotatable bonds is 4. The van der Waals surface area contributed by atoms with E-state index in [0.29, 0.717) is 10.4 Å². The fourth-order valence-corrected chi connectivity index (χ4v) is 14.7. The van der Waals surface area contributed by atoms with Crippen LogP contribution >= 0.6 is 22.6 Å². The van der Waals surface area contributed by atoms with Crippen LogP contribution in [0.3, 0.4) is 0 Å². The normalized spacial score (nSPS) is 19.4. The van der Waals surface area contributed by atoms with Crippen LogP contribution in [0.4, 0.5) is 17.1 Å². The molecule has 1 aliphatic heterocycles. The molecule has 4 nitrogen and oxygen atoms in total. The molecular formula is C65H54IN2O2+. The highest BCUT2D eigenvalue weighted by Gasteiger charge is 2.52. The molecule has 0 saturated carbocycles. The fourth-order valence-electron chi connectivity index (χ4n) is 13.9. The third-order valence-corrected chi connectivity index (χ3v) is 18.2. The molecule has 2 unspecified atom stereocenters. The van der Waals surface area contributed by atoms with Crippen molar-refractivity contribution in [1.82, 2.24) is 4.48 Å². The molecule has 2 aromatic heterocycles. The van der Waals surface area contributed by atoms with Gasteiger partial charge in [0.1, 0.15) is 33.7 Å². The zero-order valence-corrected chi connectivity index (χ0v) is 43.3. The van der Waals surface area contributed by atoms with E-state index in [2.05, 4.69) is 248 Å². The van der Waals surface area contributed by atoms with E-state index in [1.807, 2.05) is 0 Å². The van der Waals surface area contributed by atoms with Crippen molar-refractivity contribution >= 4 is 83.5 Å². The lowest BCUT2D eigenvalue weighted by atomic mass is 9.67. The summed E-state index contributed by atoms with van der Waals surface area (Å²) in [5.74, 6) is 0.393. The van der Waals surface area contributed by atoms with Crippen LogP contribution in [0.5, 0.6) is 0 Å². The summed E-state index contributed by atoms with van der Waals surface area (Å²) in [7, 11) is 9.01. The molecule has 2 atom stereocenters. The molecule has 0 saturated heterocycles. The van der Waals surface area contributed by atoms with E-state index in [1.165, 1.54) is 72.6 Å². The Labute approximate surface area is 423 Å². The number of fused-ring (bicyclic) bond motifs is 16. The molecule has 4 aliphatic rings. The maximum atomic E-state index is 7.14. The van der Waals surface area contributed by atoms with E-state index in [4.69, 9.17) is 8.83 Å². The standard InChI is InChI=1S/C65H54IN2O2/c1-63(2)46-21-13-10-18-38(46)43-30-36(25-27-47(43)63)42-34-53-60(62-58(42)40-20-12-15-23-55(40)70-62)45-33-51(67(6)7)44(35-52(45)68(53,8)9)59-50(66)32-41(57-39-19-11-14-22-54(39)69-61(57)59)37-26-28-48-49(31-37)65(5)29-17-16-24-56(65)64(48,3)4/h10-35,56H,1-9H3/q+1. The zero-order chi connectivity index (χ0) is 48.0. The van der Waals surface area contributed by atoms with Gasteiger partial charge in [-0.25, -0.2) is 0 Å². The molecule has 0 N–H and O–H groups in total. The second-order valence-electron chi connectivity index (χ2n) is 22.4. The molecular weight excluding hydrogens is 968 g/mol. The van der Waals surface area contributed by atoms with E-state index >= 15 is 0 Å².